The lowest BCUT2D eigenvalue weighted by Gasteiger charge is -2.63. The van der Waals surface area contributed by atoms with E-state index in [4.69, 9.17) is 18.9 Å². The van der Waals surface area contributed by atoms with Crippen molar-refractivity contribution in [3.05, 3.63) is 0 Å². The van der Waals surface area contributed by atoms with Crippen LogP contribution >= 0.6 is 0 Å². The van der Waals surface area contributed by atoms with Crippen molar-refractivity contribution in [2.75, 3.05) is 33.4 Å². The third kappa shape index (κ3) is 5.63. The van der Waals surface area contributed by atoms with E-state index >= 15 is 0 Å². The summed E-state index contributed by atoms with van der Waals surface area (Å²) in [5.41, 5.74) is 0.124. The number of alkyl carbamates (subject to hydrolysis) is 1. The molecule has 5 unspecified atom stereocenters. The van der Waals surface area contributed by atoms with Gasteiger partial charge in [-0.1, -0.05) is 76.2 Å². The first-order valence-electron chi connectivity index (χ1n) is 20.4. The van der Waals surface area contributed by atoms with Crippen LogP contribution < -0.4 is 5.32 Å². The number of carbonyl (C=O) groups is 2. The van der Waals surface area contributed by atoms with Crippen molar-refractivity contribution in [2.24, 2.45) is 56.7 Å². The average Bonchev–Trinajstić information content (AvgIpc) is 3.74. The molecule has 13 atom stereocenters. The van der Waals surface area contributed by atoms with Gasteiger partial charge < -0.3 is 34.3 Å². The minimum atomic E-state index is -0.559. The molecule has 2 heterocycles. The molecule has 50 heavy (non-hydrogen) atoms. The molecule has 2 spiro atoms. The highest BCUT2D eigenvalue weighted by Gasteiger charge is 2.84. The second-order valence-corrected chi connectivity index (χ2v) is 17.9. The van der Waals surface area contributed by atoms with Gasteiger partial charge in [0.05, 0.1) is 31.5 Å². The van der Waals surface area contributed by atoms with Crippen LogP contribution in [0.3, 0.4) is 0 Å². The molecule has 7 aliphatic rings. The molecule has 0 radical (unpaired) electrons. The van der Waals surface area contributed by atoms with E-state index in [-0.39, 0.29) is 69.4 Å². The summed E-state index contributed by atoms with van der Waals surface area (Å²) in [7, 11) is 1.59. The molecule has 7 fully saturated rings. The topological polar surface area (TPSA) is 107 Å². The molecule has 7 rings (SSSR count). The zero-order chi connectivity index (χ0) is 37.0. The van der Waals surface area contributed by atoms with Crippen LogP contribution in [0.4, 0.5) is 9.59 Å². The third-order valence-electron chi connectivity index (χ3n) is 15.7. The fourth-order valence-electron chi connectivity index (χ4n) is 13.5. The quantitative estimate of drug-likeness (QED) is 0.305. The second kappa shape index (κ2) is 14.3. The van der Waals surface area contributed by atoms with Crippen molar-refractivity contribution < 1.29 is 33.6 Å². The molecular formula is C41H72N2O7. The number of morpholine rings is 1. The number of aliphatic hydroxyl groups excluding tert-OH is 1. The number of hydrogen-bond donors (Lipinski definition) is 2. The van der Waals surface area contributed by atoms with Crippen molar-refractivity contribution in [1.29, 1.82) is 0 Å². The lowest BCUT2D eigenvalue weighted by molar-refractivity contribution is -0.185. The number of hydrogen-bond acceptors (Lipinski definition) is 7. The van der Waals surface area contributed by atoms with Gasteiger partial charge in [0.15, 0.2) is 0 Å². The minimum absolute atomic E-state index is 0.0244. The second-order valence-electron chi connectivity index (χ2n) is 17.9. The van der Waals surface area contributed by atoms with E-state index < -0.39 is 12.2 Å². The van der Waals surface area contributed by atoms with Crippen LogP contribution in [0, 0.1) is 56.7 Å². The van der Waals surface area contributed by atoms with Gasteiger partial charge in [-0.15, -0.1) is 0 Å². The summed E-state index contributed by atoms with van der Waals surface area (Å²) in [4.78, 5) is 27.3. The number of nitrogens with one attached hydrogen (secondary N) is 1. The zero-order valence-electron chi connectivity index (χ0n) is 33.6. The smallest absolute Gasteiger partial charge is 0.410 e. The Labute approximate surface area is 303 Å². The summed E-state index contributed by atoms with van der Waals surface area (Å²) in [5.74, 6) is 1.68. The normalized spacial score (nSPS) is 45.7. The number of nitrogens with zero attached hydrogens (tertiary/aromatic N) is 1. The first kappa shape index (κ1) is 39.6. The van der Waals surface area contributed by atoms with Crippen LogP contribution in [-0.4, -0.2) is 86.1 Å². The SMILES string of the molecule is CC.CC.CNC(=O)O[C@H](C(C)C)C1C[C@@H](C)C2C(O1)[C@H](O)[C@@]1(C)C3CCC4C(C)(C)[C@@H](OC(=O)N5CCOCC5)CC[C@@]45C[C@@]35CC[C@]21C. The first-order valence-corrected chi connectivity index (χ1v) is 20.4. The standard InChI is InChI=1S/C37H60N2O7.2C2H6/c1-21(2)28(46-31(41)38-8)23-19-22(3)27-29(44-23)30(40)35(7)25-10-9-24-33(4,5)26(45-32(42)39-15-17-43-18-16-39)11-12-36(24)20-37(25,36)14-13-34(27,35)6;2*1-2/h21-30,40H,9-20H2,1-8H3,(H,38,41);2*1-2H3/t22-,23?,24?,25?,26+,27?,28-,29?,30+,34-,35-,36-,37+;;/m1../s1. The van der Waals surface area contributed by atoms with Crippen molar-refractivity contribution in [3.63, 3.8) is 0 Å². The van der Waals surface area contributed by atoms with Gasteiger partial charge in [0.2, 0.25) is 0 Å². The van der Waals surface area contributed by atoms with Crippen LogP contribution in [0.25, 0.3) is 0 Å². The van der Waals surface area contributed by atoms with E-state index in [0.29, 0.717) is 44.1 Å². The van der Waals surface area contributed by atoms with Gasteiger partial charge in [-0.05, 0) is 97.2 Å². The van der Waals surface area contributed by atoms with Gasteiger partial charge in [-0.3, -0.25) is 0 Å². The summed E-state index contributed by atoms with van der Waals surface area (Å²) in [6, 6.07) is 0. The summed E-state index contributed by atoms with van der Waals surface area (Å²) in [5, 5.41) is 15.2. The van der Waals surface area contributed by atoms with Crippen molar-refractivity contribution in [3.8, 4) is 0 Å². The van der Waals surface area contributed by atoms with E-state index in [2.05, 4.69) is 53.8 Å². The maximum Gasteiger partial charge on any atom is 0.410 e. The van der Waals surface area contributed by atoms with Crippen molar-refractivity contribution in [2.45, 2.75) is 158 Å². The molecule has 0 aromatic rings. The van der Waals surface area contributed by atoms with Crippen LogP contribution in [0.5, 0.6) is 0 Å². The molecule has 9 heteroatoms. The van der Waals surface area contributed by atoms with E-state index in [0.717, 1.165) is 38.5 Å². The fourth-order valence-corrected chi connectivity index (χ4v) is 13.5. The van der Waals surface area contributed by atoms with Crippen molar-refractivity contribution in [1.82, 2.24) is 10.2 Å². The molecule has 0 aromatic carbocycles. The van der Waals surface area contributed by atoms with Crippen LogP contribution in [0.15, 0.2) is 0 Å². The lowest BCUT2D eigenvalue weighted by atomic mass is 9.41. The molecule has 5 saturated carbocycles. The number of aliphatic hydroxyl groups is 1. The Kier molecular flexibility index (Phi) is 11.4. The highest BCUT2D eigenvalue weighted by Crippen LogP contribution is 2.89. The largest absolute Gasteiger partial charge is 0.446 e. The molecule has 0 aromatic heterocycles. The maximum absolute atomic E-state index is 13.2. The van der Waals surface area contributed by atoms with E-state index in [9.17, 15) is 14.7 Å². The Morgan fingerprint density at radius 2 is 1.54 bits per heavy atom. The number of amides is 2. The van der Waals surface area contributed by atoms with Crippen molar-refractivity contribution >= 4 is 12.2 Å². The Hall–Kier alpha value is -1.58. The summed E-state index contributed by atoms with van der Waals surface area (Å²) in [6.45, 7) is 26.5. The fraction of sp³-hybridized carbons (Fsp3) is 0.951. The molecule has 0 bridgehead atoms. The molecule has 288 valence electrons. The predicted octanol–water partition coefficient (Wildman–Crippen LogP) is 8.07. The van der Waals surface area contributed by atoms with Crippen LogP contribution in [-0.2, 0) is 18.9 Å². The van der Waals surface area contributed by atoms with Gasteiger partial charge in [0.25, 0.3) is 0 Å². The highest BCUT2D eigenvalue weighted by atomic mass is 16.6. The van der Waals surface area contributed by atoms with Gasteiger partial charge >= 0.3 is 12.2 Å². The maximum atomic E-state index is 13.2. The number of fused-ring (bicyclic) bond motifs is 4. The van der Waals surface area contributed by atoms with E-state index in [1.807, 2.05) is 32.6 Å². The Bertz CT molecular complexity index is 1220. The zero-order valence-corrected chi connectivity index (χ0v) is 33.6. The number of rotatable bonds is 4. The van der Waals surface area contributed by atoms with Crippen LogP contribution in [0.1, 0.15) is 128 Å². The first-order chi connectivity index (χ1) is 23.7. The minimum Gasteiger partial charge on any atom is -0.446 e. The third-order valence-corrected chi connectivity index (χ3v) is 15.7. The molecule has 2 N–H and O–H groups in total. The Morgan fingerprint density at radius 3 is 2.16 bits per heavy atom. The van der Waals surface area contributed by atoms with Gasteiger partial charge in [0.1, 0.15) is 12.2 Å². The lowest BCUT2D eigenvalue weighted by Crippen LogP contribution is -2.60. The van der Waals surface area contributed by atoms with E-state index in [1.54, 1.807) is 7.05 Å². The Morgan fingerprint density at radius 1 is 0.920 bits per heavy atom. The molecule has 2 amide bonds. The Balaban J connectivity index is 0.00000117. The molecule has 5 aliphatic carbocycles. The van der Waals surface area contributed by atoms with Gasteiger partial charge in [-0.2, -0.15) is 0 Å². The summed E-state index contributed by atoms with van der Waals surface area (Å²) in [6.07, 6.45) is 6.56. The monoisotopic (exact) mass is 705 g/mol. The molecular weight excluding hydrogens is 632 g/mol. The summed E-state index contributed by atoms with van der Waals surface area (Å²) >= 11 is 0. The van der Waals surface area contributed by atoms with Crippen LogP contribution in [0.2, 0.25) is 0 Å². The molecule has 2 saturated heterocycles. The van der Waals surface area contributed by atoms with Gasteiger partial charge in [0, 0.05) is 31.0 Å². The molecule has 9 nitrogen and oxygen atoms in total. The van der Waals surface area contributed by atoms with Gasteiger partial charge in [-0.25, -0.2) is 9.59 Å². The summed E-state index contributed by atoms with van der Waals surface area (Å²) < 4.78 is 24.6. The van der Waals surface area contributed by atoms with E-state index in [1.165, 1.54) is 12.8 Å². The highest BCUT2D eigenvalue weighted by molar-refractivity contribution is 5.68. The average molecular weight is 705 g/mol. The predicted molar refractivity (Wildman–Crippen MR) is 196 cm³/mol. The number of ether oxygens (including phenoxy) is 4. The molecule has 2 aliphatic heterocycles. The number of carbonyl (C=O) groups excluding carboxylic acids is 2.